The molecule has 0 fully saturated rings. The number of nitrogens with two attached hydrogens (primary N) is 1. The first-order chi connectivity index (χ1) is 10.1. The van der Waals surface area contributed by atoms with Gasteiger partial charge in [0.1, 0.15) is 0 Å². The molecule has 1 aliphatic heterocycles. The van der Waals surface area contributed by atoms with Crippen molar-refractivity contribution in [1.29, 1.82) is 0 Å². The Morgan fingerprint density at radius 2 is 2.10 bits per heavy atom. The number of carbonyl (C=O) groups excluding carboxylic acids is 2. The summed E-state index contributed by atoms with van der Waals surface area (Å²) < 4.78 is 4.62. The second-order valence-corrected chi connectivity index (χ2v) is 7.11. The van der Waals surface area contributed by atoms with E-state index >= 15 is 0 Å². The highest BCUT2D eigenvalue weighted by molar-refractivity contribution is 6.86. The summed E-state index contributed by atoms with van der Waals surface area (Å²) in [5.41, 5.74) is 1.85. The van der Waals surface area contributed by atoms with Gasteiger partial charge in [-0.25, -0.2) is 0 Å². The molecule has 21 heavy (non-hydrogen) atoms. The summed E-state index contributed by atoms with van der Waals surface area (Å²) in [6, 6.07) is 8.44. The van der Waals surface area contributed by atoms with Gasteiger partial charge in [-0.1, -0.05) is 18.2 Å². The third-order valence-electron chi connectivity index (χ3n) is 3.72. The Bertz CT molecular complexity index is 521. The Hall–Kier alpha value is -1.66. The van der Waals surface area contributed by atoms with Crippen LogP contribution in [-0.2, 0) is 16.0 Å². The zero-order valence-electron chi connectivity index (χ0n) is 12.3. The fourth-order valence-electron chi connectivity index (χ4n) is 2.56. The van der Waals surface area contributed by atoms with E-state index in [1.54, 1.807) is 0 Å². The van der Waals surface area contributed by atoms with Crippen LogP contribution in [0.5, 0.6) is 0 Å². The molecule has 0 aliphatic carbocycles. The van der Waals surface area contributed by atoms with Gasteiger partial charge in [-0.2, -0.15) is 0 Å². The molecule has 5 nitrogen and oxygen atoms in total. The topological polar surface area (TPSA) is 72.6 Å². The zero-order chi connectivity index (χ0) is 15.2. The number of nitrogens with zero attached hydrogens (tertiary/aromatic N) is 1. The van der Waals surface area contributed by atoms with Gasteiger partial charge >= 0.3 is 0 Å². The molecule has 0 saturated carbocycles. The van der Waals surface area contributed by atoms with Crippen molar-refractivity contribution in [3.8, 4) is 0 Å². The maximum Gasteiger partial charge on any atom is 0.288 e. The van der Waals surface area contributed by atoms with Gasteiger partial charge < -0.3 is 15.0 Å². The smallest absolute Gasteiger partial charge is 0.288 e. The van der Waals surface area contributed by atoms with Gasteiger partial charge in [0.25, 0.3) is 14.6 Å². The molecule has 0 saturated heterocycles. The van der Waals surface area contributed by atoms with Crippen molar-refractivity contribution >= 4 is 26.1 Å². The number of para-hydroxylation sites is 1. The first-order valence-electron chi connectivity index (χ1n) is 7.21. The Morgan fingerprint density at radius 1 is 1.33 bits per heavy atom. The quantitative estimate of drug-likeness (QED) is 0.864. The molecule has 1 amide bonds. The number of methoxy groups -OCH3 is 1. The number of benzene rings is 1. The lowest BCUT2D eigenvalue weighted by Gasteiger charge is -2.23. The molecule has 2 N–H and O–H groups in total. The highest BCUT2D eigenvalue weighted by Crippen LogP contribution is 2.26. The van der Waals surface area contributed by atoms with Crippen molar-refractivity contribution in [2.24, 2.45) is 5.40 Å². The van der Waals surface area contributed by atoms with Crippen LogP contribution in [0.15, 0.2) is 24.3 Å². The summed E-state index contributed by atoms with van der Waals surface area (Å²) in [6.45, 7) is 0.737. The standard InChI is InChI=1S/C15H21N2O3Si/c1-20-15(19)21(16)11-9-14(18)17-10-5-4-7-12-6-2-3-8-13(12)17/h2-3,6,8H,4-5,7,9-11,16H2,1H3. The second-order valence-electron chi connectivity index (χ2n) is 5.15. The minimum absolute atomic E-state index is 0.0428. The summed E-state index contributed by atoms with van der Waals surface area (Å²) >= 11 is 0. The number of hydrogen-bond acceptors (Lipinski definition) is 4. The average molecular weight is 305 g/mol. The van der Waals surface area contributed by atoms with E-state index in [1.807, 2.05) is 23.1 Å². The molecule has 2 rings (SSSR count). The number of fused-ring (bicyclic) bond motifs is 1. The normalized spacial score (nSPS) is 14.5. The molecule has 1 aromatic rings. The van der Waals surface area contributed by atoms with Gasteiger partial charge in [-0.3, -0.25) is 9.59 Å². The van der Waals surface area contributed by atoms with E-state index in [2.05, 4.69) is 10.8 Å². The van der Waals surface area contributed by atoms with E-state index in [1.165, 1.54) is 12.7 Å². The summed E-state index contributed by atoms with van der Waals surface area (Å²) in [5, 5.41) is 5.79. The monoisotopic (exact) mass is 305 g/mol. The van der Waals surface area contributed by atoms with E-state index in [9.17, 15) is 9.59 Å². The third-order valence-corrected chi connectivity index (χ3v) is 5.23. The minimum atomic E-state index is -1.75. The maximum absolute atomic E-state index is 12.5. The van der Waals surface area contributed by atoms with E-state index in [0.29, 0.717) is 12.5 Å². The number of anilines is 1. The summed E-state index contributed by atoms with van der Waals surface area (Å²) in [5.74, 6) is 0.0428. The van der Waals surface area contributed by atoms with Crippen molar-refractivity contribution in [3.63, 3.8) is 0 Å². The number of carbonyl (C=O) groups is 2. The first-order valence-corrected chi connectivity index (χ1v) is 9.00. The Balaban J connectivity index is 2.04. The summed E-state index contributed by atoms with van der Waals surface area (Å²) in [6.07, 6.45) is 3.40. The number of hydrogen-bond donors (Lipinski definition) is 1. The number of amides is 1. The Kier molecular flexibility index (Phi) is 5.52. The van der Waals surface area contributed by atoms with Crippen LogP contribution >= 0.6 is 0 Å². The molecular weight excluding hydrogens is 284 g/mol. The molecule has 113 valence electrons. The van der Waals surface area contributed by atoms with E-state index in [4.69, 9.17) is 5.40 Å². The van der Waals surface area contributed by atoms with Crippen LogP contribution < -0.4 is 10.3 Å². The van der Waals surface area contributed by atoms with Gasteiger partial charge in [0.15, 0.2) is 0 Å². The third kappa shape index (κ3) is 3.92. The van der Waals surface area contributed by atoms with Crippen molar-refractivity contribution < 1.29 is 14.3 Å². The van der Waals surface area contributed by atoms with Crippen LogP contribution in [0.1, 0.15) is 24.8 Å². The van der Waals surface area contributed by atoms with Crippen molar-refractivity contribution in [1.82, 2.24) is 0 Å². The predicted octanol–water partition coefficient (Wildman–Crippen LogP) is 2.04. The molecular formula is C15H21N2O3Si. The van der Waals surface area contributed by atoms with Gasteiger partial charge in [0.2, 0.25) is 5.91 Å². The maximum atomic E-state index is 12.5. The Morgan fingerprint density at radius 3 is 2.86 bits per heavy atom. The molecule has 0 atom stereocenters. The molecule has 1 aliphatic rings. The van der Waals surface area contributed by atoms with Crippen molar-refractivity contribution in [2.45, 2.75) is 31.7 Å². The van der Waals surface area contributed by atoms with Crippen LogP contribution in [0.2, 0.25) is 6.04 Å². The fourth-order valence-corrected chi connectivity index (χ4v) is 3.51. The minimum Gasteiger partial charge on any atom is -0.472 e. The lowest BCUT2D eigenvalue weighted by atomic mass is 10.1. The van der Waals surface area contributed by atoms with Crippen LogP contribution in [0, 0.1) is 0 Å². The Labute approximate surface area is 126 Å². The van der Waals surface area contributed by atoms with Crippen molar-refractivity contribution in [2.75, 3.05) is 18.6 Å². The second kappa shape index (κ2) is 7.38. The number of aryl methyl sites for hydroxylation is 1. The summed E-state index contributed by atoms with van der Waals surface area (Å²) in [7, 11) is -0.419. The predicted molar refractivity (Wildman–Crippen MR) is 83.5 cm³/mol. The molecule has 1 aromatic carbocycles. The highest BCUT2D eigenvalue weighted by atomic mass is 28.3. The van der Waals surface area contributed by atoms with E-state index in [-0.39, 0.29) is 11.5 Å². The molecule has 1 heterocycles. The van der Waals surface area contributed by atoms with Gasteiger partial charge in [0.05, 0.1) is 7.11 Å². The van der Waals surface area contributed by atoms with Gasteiger partial charge in [0, 0.05) is 18.7 Å². The molecule has 1 radical (unpaired) electrons. The largest absolute Gasteiger partial charge is 0.472 e. The SMILES string of the molecule is COC(=O)[Si](N)CCC(=O)N1CCCCc2ccccc21. The van der Waals surface area contributed by atoms with Crippen LogP contribution in [0.4, 0.5) is 10.5 Å². The van der Waals surface area contributed by atoms with Gasteiger partial charge in [-0.05, 0) is 36.9 Å². The molecule has 0 bridgehead atoms. The average Bonchev–Trinajstić information content (AvgIpc) is 2.73. The van der Waals surface area contributed by atoms with Crippen LogP contribution in [-0.4, -0.2) is 34.1 Å². The fraction of sp³-hybridized carbons (Fsp3) is 0.467. The van der Waals surface area contributed by atoms with Gasteiger partial charge in [-0.15, -0.1) is 0 Å². The highest BCUT2D eigenvalue weighted by Gasteiger charge is 2.24. The zero-order valence-corrected chi connectivity index (χ0v) is 13.3. The molecule has 0 unspecified atom stereocenters. The van der Waals surface area contributed by atoms with E-state index in [0.717, 1.165) is 31.5 Å². The first kappa shape index (κ1) is 15.7. The van der Waals surface area contributed by atoms with Crippen LogP contribution in [0.25, 0.3) is 0 Å². The molecule has 6 heteroatoms. The molecule has 0 spiro atoms. The molecule has 0 aromatic heterocycles. The van der Waals surface area contributed by atoms with Crippen LogP contribution in [0.3, 0.4) is 0 Å². The number of rotatable bonds is 4. The lowest BCUT2D eigenvalue weighted by Crippen LogP contribution is -2.38. The van der Waals surface area contributed by atoms with E-state index < -0.39 is 8.96 Å². The number of ether oxygens (including phenoxy) is 1. The summed E-state index contributed by atoms with van der Waals surface area (Å²) in [4.78, 5) is 25.6. The lowest BCUT2D eigenvalue weighted by molar-refractivity contribution is -0.118. The van der Waals surface area contributed by atoms with Crippen molar-refractivity contribution in [3.05, 3.63) is 29.8 Å².